The van der Waals surface area contributed by atoms with Gasteiger partial charge in [0, 0.05) is 18.5 Å². The number of nitrogens with zero attached hydrogens (tertiary/aromatic N) is 1. The van der Waals surface area contributed by atoms with E-state index in [1.165, 1.54) is 11.6 Å². The third-order valence-electron chi connectivity index (χ3n) is 4.38. The van der Waals surface area contributed by atoms with Crippen LogP contribution in [-0.2, 0) is 14.8 Å². The van der Waals surface area contributed by atoms with E-state index < -0.39 is 45.9 Å². The van der Waals surface area contributed by atoms with Crippen molar-refractivity contribution in [2.75, 3.05) is 19.7 Å². The molecule has 4 N–H and O–H groups in total. The molecule has 4 atom stereocenters. The van der Waals surface area contributed by atoms with Crippen LogP contribution in [0.25, 0.3) is 0 Å². The maximum absolute atomic E-state index is 12.4. The van der Waals surface area contributed by atoms with Gasteiger partial charge in [-0.15, -0.1) is 0 Å². The van der Waals surface area contributed by atoms with E-state index in [-0.39, 0.29) is 13.2 Å². The van der Waals surface area contributed by atoms with Crippen molar-refractivity contribution in [2.24, 2.45) is 5.41 Å². The van der Waals surface area contributed by atoms with Crippen LogP contribution in [0.3, 0.4) is 0 Å². The zero-order chi connectivity index (χ0) is 20.5. The van der Waals surface area contributed by atoms with Crippen LogP contribution in [0.15, 0.2) is 30.3 Å². The maximum atomic E-state index is 12.4. The van der Waals surface area contributed by atoms with Crippen molar-refractivity contribution in [3.63, 3.8) is 0 Å². The molecular weight excluding hydrogens is 393 g/mol. The Hall–Kier alpha value is -1.28. The van der Waals surface area contributed by atoms with Crippen molar-refractivity contribution in [3.05, 3.63) is 35.9 Å². The topological polar surface area (TPSA) is 119 Å². The Morgan fingerprint density at radius 3 is 2.52 bits per heavy atom. The molecule has 1 aliphatic rings. The van der Waals surface area contributed by atoms with E-state index in [9.17, 15) is 37.0 Å². The Labute approximate surface area is 154 Å². The molecule has 0 aliphatic carbocycles. The van der Waals surface area contributed by atoms with Crippen LogP contribution in [-0.4, -0.2) is 66.3 Å². The first-order valence-electron chi connectivity index (χ1n) is 7.91. The Balaban J connectivity index is 1.99. The van der Waals surface area contributed by atoms with Crippen molar-refractivity contribution in [2.45, 2.75) is 30.9 Å². The minimum atomic E-state index is -5.56. The highest BCUT2D eigenvalue weighted by atomic mass is 32.2. The van der Waals surface area contributed by atoms with Crippen molar-refractivity contribution in [1.82, 2.24) is 9.79 Å². The molecule has 0 saturated carbocycles. The van der Waals surface area contributed by atoms with Gasteiger partial charge in [0.05, 0.1) is 18.8 Å². The van der Waals surface area contributed by atoms with Gasteiger partial charge in [0.1, 0.15) is 0 Å². The molecule has 154 valence electrons. The van der Waals surface area contributed by atoms with Crippen molar-refractivity contribution in [1.29, 1.82) is 0 Å². The highest BCUT2D eigenvalue weighted by molar-refractivity contribution is 7.90. The molecule has 1 unspecified atom stereocenters. The van der Waals surface area contributed by atoms with Gasteiger partial charge in [-0.05, 0) is 5.56 Å². The monoisotopic (exact) mass is 414 g/mol. The lowest BCUT2D eigenvalue weighted by atomic mass is 9.84. The van der Waals surface area contributed by atoms with E-state index in [1.807, 2.05) is 0 Å². The first-order chi connectivity index (χ1) is 12.4. The smallest absolute Gasteiger partial charge is 0.390 e. The standard InChI is InChI=1S/C15H21F3N2O6S/c1-14(8-20(23)13(22)10-5-3-2-4-6-10)9-26-11(12(14)21)7-19-27(24,25)15(16,17)18/h2-6,11-13,19,21-23H,7-9H2,1H3/t11-,12-,13?,14-/m1/s1. The van der Waals surface area contributed by atoms with Crippen LogP contribution < -0.4 is 4.72 Å². The number of aliphatic hydroxyl groups is 2. The van der Waals surface area contributed by atoms with E-state index in [1.54, 1.807) is 30.3 Å². The largest absolute Gasteiger partial charge is 0.511 e. The predicted molar refractivity (Wildman–Crippen MR) is 86.7 cm³/mol. The summed E-state index contributed by atoms with van der Waals surface area (Å²) in [6, 6.07) is 8.19. The molecule has 1 aromatic rings. The van der Waals surface area contributed by atoms with E-state index in [4.69, 9.17) is 4.74 Å². The average Bonchev–Trinajstić information content (AvgIpc) is 2.87. The highest BCUT2D eigenvalue weighted by Crippen LogP contribution is 2.35. The molecule has 0 radical (unpaired) electrons. The average molecular weight is 414 g/mol. The number of ether oxygens (including phenoxy) is 1. The number of hydrogen-bond donors (Lipinski definition) is 4. The Morgan fingerprint density at radius 1 is 1.37 bits per heavy atom. The Morgan fingerprint density at radius 2 is 1.96 bits per heavy atom. The number of benzene rings is 1. The number of hydrogen-bond acceptors (Lipinski definition) is 7. The molecule has 12 heteroatoms. The molecule has 0 spiro atoms. The minimum absolute atomic E-state index is 0.162. The van der Waals surface area contributed by atoms with Gasteiger partial charge in [0.15, 0.2) is 6.23 Å². The molecule has 1 aromatic carbocycles. The van der Waals surface area contributed by atoms with Gasteiger partial charge in [-0.25, -0.2) is 13.1 Å². The number of hydroxylamine groups is 2. The fourth-order valence-corrected chi connectivity index (χ4v) is 3.31. The van der Waals surface area contributed by atoms with Crippen molar-refractivity contribution in [3.8, 4) is 0 Å². The lowest BCUT2D eigenvalue weighted by Gasteiger charge is -2.33. The van der Waals surface area contributed by atoms with E-state index in [2.05, 4.69) is 0 Å². The third-order valence-corrected chi connectivity index (χ3v) is 5.53. The van der Waals surface area contributed by atoms with Gasteiger partial charge in [-0.2, -0.15) is 18.2 Å². The van der Waals surface area contributed by atoms with Gasteiger partial charge < -0.3 is 20.2 Å². The molecule has 1 heterocycles. The zero-order valence-corrected chi connectivity index (χ0v) is 15.1. The molecule has 1 saturated heterocycles. The molecular formula is C15H21F3N2O6S. The summed E-state index contributed by atoms with van der Waals surface area (Å²) < 4.78 is 65.7. The van der Waals surface area contributed by atoms with Crippen molar-refractivity contribution >= 4 is 10.0 Å². The SMILES string of the molecule is C[C@@]1(CN(O)C(O)c2ccccc2)CO[C@H](CNS(=O)(=O)C(F)(F)F)[C@H]1O. The zero-order valence-electron chi connectivity index (χ0n) is 14.3. The van der Waals surface area contributed by atoms with Crippen LogP contribution in [0.4, 0.5) is 13.2 Å². The molecule has 0 aromatic heterocycles. The molecule has 8 nitrogen and oxygen atoms in total. The second kappa shape index (κ2) is 7.99. The summed E-state index contributed by atoms with van der Waals surface area (Å²) in [5.41, 5.74) is -6.23. The normalized spacial score (nSPS) is 27.9. The van der Waals surface area contributed by atoms with Gasteiger partial charge in [0.2, 0.25) is 0 Å². The van der Waals surface area contributed by atoms with Gasteiger partial charge in [-0.3, -0.25) is 0 Å². The van der Waals surface area contributed by atoms with E-state index >= 15 is 0 Å². The van der Waals surface area contributed by atoms with E-state index in [0.717, 1.165) is 0 Å². The molecule has 0 bridgehead atoms. The molecule has 0 amide bonds. The summed E-state index contributed by atoms with van der Waals surface area (Å²) in [7, 11) is -5.56. The van der Waals surface area contributed by atoms with Gasteiger partial charge in [-0.1, -0.05) is 37.3 Å². The quantitative estimate of drug-likeness (QED) is 0.381. The third kappa shape index (κ3) is 4.96. The molecule has 2 rings (SSSR count). The summed E-state index contributed by atoms with van der Waals surface area (Å²) in [4.78, 5) is 0. The Bertz CT molecular complexity index is 733. The summed E-state index contributed by atoms with van der Waals surface area (Å²) in [5, 5.41) is 31.2. The fraction of sp³-hybridized carbons (Fsp3) is 0.600. The summed E-state index contributed by atoms with van der Waals surface area (Å²) >= 11 is 0. The summed E-state index contributed by atoms with van der Waals surface area (Å²) in [5.74, 6) is 0. The number of nitrogens with one attached hydrogen (secondary N) is 1. The fourth-order valence-electron chi connectivity index (χ4n) is 2.76. The molecule has 27 heavy (non-hydrogen) atoms. The molecule has 1 aliphatic heterocycles. The van der Waals surface area contributed by atoms with E-state index in [0.29, 0.717) is 10.6 Å². The highest BCUT2D eigenvalue weighted by Gasteiger charge is 2.50. The maximum Gasteiger partial charge on any atom is 0.511 e. The first-order valence-corrected chi connectivity index (χ1v) is 9.40. The van der Waals surface area contributed by atoms with Crippen LogP contribution in [0, 0.1) is 5.41 Å². The number of alkyl halides is 3. The lowest BCUT2D eigenvalue weighted by molar-refractivity contribution is -0.219. The number of halogens is 3. The Kier molecular flexibility index (Phi) is 6.52. The van der Waals surface area contributed by atoms with Crippen molar-refractivity contribution < 1.29 is 41.7 Å². The van der Waals surface area contributed by atoms with Crippen LogP contribution >= 0.6 is 0 Å². The molecule has 1 fully saturated rings. The number of aliphatic hydroxyl groups excluding tert-OH is 2. The summed E-state index contributed by atoms with van der Waals surface area (Å²) in [6.07, 6.45) is -4.02. The summed E-state index contributed by atoms with van der Waals surface area (Å²) in [6.45, 7) is 0.278. The van der Waals surface area contributed by atoms with Gasteiger partial charge in [0.25, 0.3) is 0 Å². The number of sulfonamides is 1. The first kappa shape index (κ1) is 22.0. The van der Waals surface area contributed by atoms with Crippen LogP contribution in [0.5, 0.6) is 0 Å². The van der Waals surface area contributed by atoms with Gasteiger partial charge >= 0.3 is 15.5 Å². The van der Waals surface area contributed by atoms with Crippen LogP contribution in [0.1, 0.15) is 18.7 Å². The second-order valence-corrected chi connectivity index (χ2v) is 8.39. The minimum Gasteiger partial charge on any atom is -0.390 e. The number of rotatable bonds is 7. The second-order valence-electron chi connectivity index (χ2n) is 6.63. The predicted octanol–water partition coefficient (Wildman–Crippen LogP) is 0.574. The van der Waals surface area contributed by atoms with Crippen LogP contribution in [0.2, 0.25) is 0 Å². The lowest BCUT2D eigenvalue weighted by Crippen LogP contribution is -2.48.